The van der Waals surface area contributed by atoms with Gasteiger partial charge in [0.05, 0.1) is 12.2 Å². The number of aliphatic hydroxyl groups excluding tert-OH is 2. The van der Waals surface area contributed by atoms with Crippen LogP contribution >= 0.6 is 70.6 Å². The van der Waals surface area contributed by atoms with Gasteiger partial charge in [0.2, 0.25) is 0 Å². The molecule has 0 spiro atoms. The second-order valence-corrected chi connectivity index (χ2v) is 14.6. The normalized spacial score (nSPS) is 20.7. The van der Waals surface area contributed by atoms with Gasteiger partial charge in [0.1, 0.15) is 0 Å². The lowest BCUT2D eigenvalue weighted by atomic mass is 10.4. The molecule has 1 aliphatic heterocycles. The molecule has 1 fully saturated rings. The van der Waals surface area contributed by atoms with Gasteiger partial charge < -0.3 is 10.2 Å². The van der Waals surface area contributed by atoms with Crippen LogP contribution in [-0.4, -0.2) is 78.9 Å². The first-order valence-electron chi connectivity index (χ1n) is 10.8. The standard InChI is InChI=1S/C24H32O2S6/c25-19(13-30-21-7-3-1-4-8-21)11-27-15-23-17-29-18-24(32-23)16-28-12-20(26)14-31-22-9-5-2-6-10-22/h1-10,19-20,23-26H,11-18H2. The van der Waals surface area contributed by atoms with Crippen LogP contribution in [-0.2, 0) is 0 Å². The van der Waals surface area contributed by atoms with Crippen molar-refractivity contribution in [3.05, 3.63) is 60.7 Å². The van der Waals surface area contributed by atoms with E-state index in [0.29, 0.717) is 10.5 Å². The Hall–Kier alpha value is 0.460. The van der Waals surface area contributed by atoms with Gasteiger partial charge in [0.25, 0.3) is 0 Å². The summed E-state index contributed by atoms with van der Waals surface area (Å²) in [7, 11) is 0. The van der Waals surface area contributed by atoms with Crippen molar-refractivity contribution in [3.63, 3.8) is 0 Å². The highest BCUT2D eigenvalue weighted by atomic mass is 32.2. The van der Waals surface area contributed by atoms with Crippen LogP contribution in [0.4, 0.5) is 0 Å². The quantitative estimate of drug-likeness (QED) is 0.282. The average molecular weight is 545 g/mol. The topological polar surface area (TPSA) is 40.5 Å². The summed E-state index contributed by atoms with van der Waals surface area (Å²) in [5, 5.41) is 21.9. The number of thioether (sulfide) groups is 6. The molecular weight excluding hydrogens is 513 g/mol. The highest BCUT2D eigenvalue weighted by Crippen LogP contribution is 2.34. The molecule has 32 heavy (non-hydrogen) atoms. The minimum Gasteiger partial charge on any atom is -0.391 e. The van der Waals surface area contributed by atoms with Crippen molar-refractivity contribution in [2.45, 2.75) is 32.5 Å². The molecule has 176 valence electrons. The fraction of sp³-hybridized carbons (Fsp3) is 0.500. The lowest BCUT2D eigenvalue weighted by Crippen LogP contribution is -2.26. The van der Waals surface area contributed by atoms with E-state index < -0.39 is 0 Å². The number of hydrogen-bond donors (Lipinski definition) is 2. The number of benzene rings is 2. The Morgan fingerprint density at radius 1 is 0.688 bits per heavy atom. The predicted octanol–water partition coefficient (Wildman–Crippen LogP) is 5.98. The molecule has 2 N–H and O–H groups in total. The monoisotopic (exact) mass is 544 g/mol. The highest BCUT2D eigenvalue weighted by molar-refractivity contribution is 8.09. The molecule has 4 unspecified atom stereocenters. The molecule has 0 aromatic heterocycles. The summed E-state index contributed by atoms with van der Waals surface area (Å²) in [6.07, 6.45) is -0.513. The maximum Gasteiger partial charge on any atom is 0.0724 e. The number of rotatable bonds is 14. The molecule has 3 rings (SSSR count). The van der Waals surface area contributed by atoms with Crippen LogP contribution in [0.5, 0.6) is 0 Å². The van der Waals surface area contributed by atoms with E-state index in [2.05, 4.69) is 47.8 Å². The van der Waals surface area contributed by atoms with Crippen LogP contribution < -0.4 is 0 Å². The lowest BCUT2D eigenvalue weighted by molar-refractivity contribution is 0.224. The van der Waals surface area contributed by atoms with Gasteiger partial charge in [-0.05, 0) is 24.3 Å². The zero-order chi connectivity index (χ0) is 22.4. The van der Waals surface area contributed by atoms with E-state index in [-0.39, 0.29) is 12.2 Å². The molecular formula is C24H32O2S6. The van der Waals surface area contributed by atoms with Gasteiger partial charge in [-0.3, -0.25) is 0 Å². The van der Waals surface area contributed by atoms with Crippen LogP contribution in [0.25, 0.3) is 0 Å². The summed E-state index contributed by atoms with van der Waals surface area (Å²) in [4.78, 5) is 2.44. The maximum atomic E-state index is 10.3. The molecule has 0 radical (unpaired) electrons. The molecule has 1 heterocycles. The smallest absolute Gasteiger partial charge is 0.0724 e. The van der Waals surface area contributed by atoms with E-state index in [1.54, 1.807) is 23.5 Å². The molecule has 4 atom stereocenters. The zero-order valence-corrected chi connectivity index (χ0v) is 23.0. The minimum absolute atomic E-state index is 0.256. The van der Waals surface area contributed by atoms with Crippen molar-refractivity contribution < 1.29 is 10.2 Å². The Morgan fingerprint density at radius 3 is 1.56 bits per heavy atom. The summed E-state index contributed by atoms with van der Waals surface area (Å²) >= 11 is 11.4. The Bertz CT molecular complexity index is 674. The first-order valence-corrected chi connectivity index (χ1v) is 17.2. The summed E-state index contributed by atoms with van der Waals surface area (Å²) in [5.74, 6) is 7.79. The molecule has 2 aromatic carbocycles. The Balaban J connectivity index is 1.23. The second-order valence-electron chi connectivity index (χ2n) is 7.55. The van der Waals surface area contributed by atoms with Crippen LogP contribution in [0.2, 0.25) is 0 Å². The molecule has 1 saturated heterocycles. The molecule has 0 bridgehead atoms. The average Bonchev–Trinajstić information content (AvgIpc) is 2.83. The first-order chi connectivity index (χ1) is 15.7. The fourth-order valence-electron chi connectivity index (χ4n) is 3.04. The Labute approximate surface area is 218 Å². The maximum absolute atomic E-state index is 10.3. The summed E-state index contributed by atoms with van der Waals surface area (Å²) in [6, 6.07) is 20.6. The van der Waals surface area contributed by atoms with Crippen molar-refractivity contribution in [1.82, 2.24) is 0 Å². The van der Waals surface area contributed by atoms with E-state index in [9.17, 15) is 10.2 Å². The molecule has 0 saturated carbocycles. The van der Waals surface area contributed by atoms with Crippen molar-refractivity contribution in [3.8, 4) is 0 Å². The highest BCUT2D eigenvalue weighted by Gasteiger charge is 2.23. The third kappa shape index (κ3) is 11.3. The van der Waals surface area contributed by atoms with Gasteiger partial charge in [0.15, 0.2) is 0 Å². The summed E-state index contributed by atoms with van der Waals surface area (Å²) in [6.45, 7) is 0. The van der Waals surface area contributed by atoms with E-state index >= 15 is 0 Å². The van der Waals surface area contributed by atoms with Crippen molar-refractivity contribution in [2.24, 2.45) is 0 Å². The number of aliphatic hydroxyl groups is 2. The lowest BCUT2D eigenvalue weighted by Gasteiger charge is -2.28. The Morgan fingerprint density at radius 2 is 1.12 bits per heavy atom. The summed E-state index contributed by atoms with van der Waals surface area (Å²) in [5.41, 5.74) is 0. The minimum atomic E-state index is -0.256. The van der Waals surface area contributed by atoms with Gasteiger partial charge in [-0.25, -0.2) is 0 Å². The van der Waals surface area contributed by atoms with Gasteiger partial charge >= 0.3 is 0 Å². The molecule has 0 amide bonds. The van der Waals surface area contributed by atoms with Crippen molar-refractivity contribution >= 4 is 70.6 Å². The SMILES string of the molecule is OC(CSCC1CSCC(CSCC(O)CSc2ccccc2)S1)CSc1ccccc1. The van der Waals surface area contributed by atoms with Crippen LogP contribution in [0.1, 0.15) is 0 Å². The molecule has 1 aliphatic rings. The van der Waals surface area contributed by atoms with Crippen LogP contribution in [0.3, 0.4) is 0 Å². The molecule has 2 nitrogen and oxygen atoms in total. The Kier molecular flexibility index (Phi) is 13.7. The van der Waals surface area contributed by atoms with Crippen LogP contribution in [0, 0.1) is 0 Å². The third-order valence-corrected chi connectivity index (χ3v) is 13.0. The molecule has 8 heteroatoms. The van der Waals surface area contributed by atoms with Gasteiger partial charge in [0, 0.05) is 66.3 Å². The fourth-order valence-corrected chi connectivity index (χ4v) is 11.0. The second kappa shape index (κ2) is 16.2. The first kappa shape index (κ1) is 27.1. The van der Waals surface area contributed by atoms with Crippen molar-refractivity contribution in [1.29, 1.82) is 0 Å². The van der Waals surface area contributed by atoms with Gasteiger partial charge in [-0.15, -0.1) is 23.5 Å². The number of hydrogen-bond acceptors (Lipinski definition) is 8. The van der Waals surface area contributed by atoms with Crippen LogP contribution in [0.15, 0.2) is 70.5 Å². The third-order valence-electron chi connectivity index (χ3n) is 4.59. The van der Waals surface area contributed by atoms with E-state index in [1.165, 1.54) is 21.3 Å². The van der Waals surface area contributed by atoms with E-state index in [1.807, 2.05) is 59.9 Å². The van der Waals surface area contributed by atoms with E-state index in [0.717, 1.165) is 34.5 Å². The molecule has 0 aliphatic carbocycles. The van der Waals surface area contributed by atoms with Crippen molar-refractivity contribution in [2.75, 3.05) is 46.0 Å². The van der Waals surface area contributed by atoms with E-state index in [4.69, 9.17) is 0 Å². The largest absolute Gasteiger partial charge is 0.391 e. The zero-order valence-electron chi connectivity index (χ0n) is 18.1. The molecule has 2 aromatic rings. The van der Waals surface area contributed by atoms with Gasteiger partial charge in [-0.1, -0.05) is 36.4 Å². The predicted molar refractivity (Wildman–Crippen MR) is 153 cm³/mol. The van der Waals surface area contributed by atoms with Gasteiger partial charge in [-0.2, -0.15) is 47.0 Å². The summed E-state index contributed by atoms with van der Waals surface area (Å²) < 4.78 is 0.